The Labute approximate surface area is 99.8 Å². The summed E-state index contributed by atoms with van der Waals surface area (Å²) in [6, 6.07) is 4.09. The minimum Gasteiger partial charge on any atom is -0.468 e. The van der Waals surface area contributed by atoms with E-state index in [9.17, 15) is 4.79 Å². The molecule has 1 fully saturated rings. The summed E-state index contributed by atoms with van der Waals surface area (Å²) in [6.07, 6.45) is 2.23. The van der Waals surface area contributed by atoms with Gasteiger partial charge in [-0.3, -0.25) is 10.1 Å². The van der Waals surface area contributed by atoms with Crippen molar-refractivity contribution in [3.05, 3.63) is 22.4 Å². The maximum Gasteiger partial charge on any atom is 0.326 e. The molecule has 1 aromatic rings. The Balaban J connectivity index is 2.00. The van der Waals surface area contributed by atoms with Gasteiger partial charge in [0.25, 0.3) is 0 Å². The van der Waals surface area contributed by atoms with Crippen molar-refractivity contribution in [2.75, 3.05) is 7.11 Å². The molecule has 0 radical (unpaired) electrons. The fourth-order valence-corrected chi connectivity index (χ4v) is 2.58. The summed E-state index contributed by atoms with van der Waals surface area (Å²) >= 11 is 1.70. The van der Waals surface area contributed by atoms with Crippen LogP contribution >= 0.6 is 11.3 Å². The first-order valence-electron chi connectivity index (χ1n) is 5.52. The molecule has 0 bridgehead atoms. The summed E-state index contributed by atoms with van der Waals surface area (Å²) in [5.41, 5.74) is -0.515. The highest BCUT2D eigenvalue weighted by atomic mass is 32.1. The number of carbonyl (C=O) groups excluding carboxylic acids is 1. The highest BCUT2D eigenvalue weighted by Gasteiger charge is 2.47. The van der Waals surface area contributed by atoms with Crippen LogP contribution in [0.25, 0.3) is 0 Å². The minimum absolute atomic E-state index is 0.147. The Morgan fingerprint density at radius 3 is 2.94 bits per heavy atom. The fraction of sp³-hybridized carbons (Fsp3) is 0.583. The van der Waals surface area contributed by atoms with Crippen LogP contribution in [-0.2, 0) is 16.1 Å². The van der Waals surface area contributed by atoms with E-state index in [1.165, 1.54) is 12.0 Å². The molecule has 1 saturated carbocycles. The van der Waals surface area contributed by atoms with Gasteiger partial charge in [-0.1, -0.05) is 6.07 Å². The Kier molecular flexibility index (Phi) is 3.30. The lowest BCUT2D eigenvalue weighted by molar-refractivity contribution is -0.149. The Bertz CT molecular complexity index is 359. The Morgan fingerprint density at radius 1 is 1.69 bits per heavy atom. The predicted octanol–water partition coefficient (Wildman–Crippen LogP) is 2.18. The number of esters is 1. The molecule has 1 atom stereocenters. The second-order valence-electron chi connectivity index (χ2n) is 4.40. The third-order valence-corrected chi connectivity index (χ3v) is 4.09. The van der Waals surface area contributed by atoms with E-state index in [1.54, 1.807) is 11.3 Å². The third-order valence-electron chi connectivity index (χ3n) is 3.21. The van der Waals surface area contributed by atoms with Crippen LogP contribution in [0.4, 0.5) is 0 Å². The van der Waals surface area contributed by atoms with Crippen LogP contribution in [0, 0.1) is 5.92 Å². The number of ether oxygens (including phenoxy) is 1. The van der Waals surface area contributed by atoms with Gasteiger partial charge in [-0.05, 0) is 37.1 Å². The van der Waals surface area contributed by atoms with Gasteiger partial charge in [-0.15, -0.1) is 11.3 Å². The standard InChI is InChI=1S/C12H17NO2S/c1-12(9-5-6-9,11(14)15-2)13-8-10-4-3-7-16-10/h3-4,7,9,13H,5-6,8H2,1-2H3. The first-order valence-corrected chi connectivity index (χ1v) is 6.40. The van der Waals surface area contributed by atoms with Gasteiger partial charge in [0.2, 0.25) is 0 Å². The van der Waals surface area contributed by atoms with Crippen LogP contribution in [0.2, 0.25) is 0 Å². The van der Waals surface area contributed by atoms with Crippen LogP contribution in [0.1, 0.15) is 24.6 Å². The number of hydrogen-bond acceptors (Lipinski definition) is 4. The summed E-state index contributed by atoms with van der Waals surface area (Å²) in [6.45, 7) is 2.68. The fourth-order valence-electron chi connectivity index (χ4n) is 1.94. The van der Waals surface area contributed by atoms with E-state index in [4.69, 9.17) is 4.74 Å². The van der Waals surface area contributed by atoms with Crippen LogP contribution < -0.4 is 5.32 Å². The van der Waals surface area contributed by atoms with E-state index in [-0.39, 0.29) is 5.97 Å². The van der Waals surface area contributed by atoms with Gasteiger partial charge >= 0.3 is 5.97 Å². The average molecular weight is 239 g/mol. The van der Waals surface area contributed by atoms with Crippen molar-refractivity contribution in [1.29, 1.82) is 0 Å². The molecule has 4 heteroatoms. The van der Waals surface area contributed by atoms with Gasteiger partial charge < -0.3 is 4.74 Å². The predicted molar refractivity (Wildman–Crippen MR) is 64.3 cm³/mol. The largest absolute Gasteiger partial charge is 0.468 e. The second-order valence-corrected chi connectivity index (χ2v) is 5.43. The summed E-state index contributed by atoms with van der Waals surface area (Å²) < 4.78 is 4.89. The molecule has 0 amide bonds. The molecule has 1 unspecified atom stereocenters. The van der Waals surface area contributed by atoms with E-state index in [1.807, 2.05) is 18.4 Å². The van der Waals surface area contributed by atoms with Gasteiger partial charge in [0.15, 0.2) is 0 Å². The van der Waals surface area contributed by atoms with Gasteiger partial charge in [-0.2, -0.15) is 0 Å². The van der Waals surface area contributed by atoms with Crippen molar-refractivity contribution < 1.29 is 9.53 Å². The topological polar surface area (TPSA) is 38.3 Å². The van der Waals surface area contributed by atoms with Crippen molar-refractivity contribution in [2.45, 2.75) is 31.8 Å². The average Bonchev–Trinajstić information content (AvgIpc) is 3.03. The van der Waals surface area contributed by atoms with Crippen molar-refractivity contribution in [3.63, 3.8) is 0 Å². The first-order chi connectivity index (χ1) is 7.66. The van der Waals surface area contributed by atoms with Gasteiger partial charge in [0, 0.05) is 11.4 Å². The Hall–Kier alpha value is -0.870. The van der Waals surface area contributed by atoms with E-state index in [2.05, 4.69) is 11.4 Å². The maximum atomic E-state index is 11.8. The molecular weight excluding hydrogens is 222 g/mol. The zero-order chi connectivity index (χ0) is 11.6. The van der Waals surface area contributed by atoms with Crippen molar-refractivity contribution >= 4 is 17.3 Å². The molecule has 1 aliphatic rings. The van der Waals surface area contributed by atoms with Crippen LogP contribution in [0.5, 0.6) is 0 Å². The highest BCUT2D eigenvalue weighted by molar-refractivity contribution is 7.09. The number of hydrogen-bond donors (Lipinski definition) is 1. The van der Waals surface area contributed by atoms with E-state index in [0.717, 1.165) is 19.4 Å². The van der Waals surface area contributed by atoms with Crippen LogP contribution in [0.3, 0.4) is 0 Å². The van der Waals surface area contributed by atoms with Crippen LogP contribution in [-0.4, -0.2) is 18.6 Å². The van der Waals surface area contributed by atoms with Crippen molar-refractivity contribution in [2.24, 2.45) is 5.92 Å². The molecule has 0 aliphatic heterocycles. The van der Waals surface area contributed by atoms with Crippen LogP contribution in [0.15, 0.2) is 17.5 Å². The third kappa shape index (κ3) is 2.28. The highest BCUT2D eigenvalue weighted by Crippen LogP contribution is 2.40. The molecule has 1 aliphatic carbocycles. The summed E-state index contributed by atoms with van der Waals surface area (Å²) in [5, 5.41) is 5.39. The smallest absolute Gasteiger partial charge is 0.326 e. The van der Waals surface area contributed by atoms with Gasteiger partial charge in [0.1, 0.15) is 5.54 Å². The molecule has 0 spiro atoms. The quantitative estimate of drug-likeness (QED) is 0.800. The molecule has 2 rings (SSSR count). The maximum absolute atomic E-state index is 11.8. The number of carbonyl (C=O) groups is 1. The minimum atomic E-state index is -0.515. The Morgan fingerprint density at radius 2 is 2.44 bits per heavy atom. The first kappa shape index (κ1) is 11.6. The molecule has 16 heavy (non-hydrogen) atoms. The molecule has 0 saturated heterocycles. The van der Waals surface area contributed by atoms with Crippen molar-refractivity contribution in [3.8, 4) is 0 Å². The zero-order valence-electron chi connectivity index (χ0n) is 9.66. The second kappa shape index (κ2) is 4.55. The lowest BCUT2D eigenvalue weighted by atomic mass is 9.96. The molecule has 1 aromatic heterocycles. The number of thiophene rings is 1. The molecular formula is C12H17NO2S. The number of nitrogens with one attached hydrogen (secondary N) is 1. The van der Waals surface area contributed by atoms with Gasteiger partial charge in [-0.25, -0.2) is 0 Å². The lowest BCUT2D eigenvalue weighted by Gasteiger charge is -2.27. The SMILES string of the molecule is COC(=O)C(C)(NCc1cccs1)C1CC1. The van der Waals surface area contributed by atoms with E-state index in [0.29, 0.717) is 5.92 Å². The number of methoxy groups -OCH3 is 1. The zero-order valence-corrected chi connectivity index (χ0v) is 10.5. The van der Waals surface area contributed by atoms with Gasteiger partial charge in [0.05, 0.1) is 7.11 Å². The summed E-state index contributed by atoms with van der Waals surface area (Å²) in [5.74, 6) is 0.284. The summed E-state index contributed by atoms with van der Waals surface area (Å²) in [4.78, 5) is 13.0. The van der Waals surface area contributed by atoms with E-state index < -0.39 is 5.54 Å². The molecule has 3 nitrogen and oxygen atoms in total. The molecule has 0 aromatic carbocycles. The monoisotopic (exact) mass is 239 g/mol. The number of rotatable bonds is 5. The normalized spacial score (nSPS) is 19.1. The van der Waals surface area contributed by atoms with Crippen molar-refractivity contribution in [1.82, 2.24) is 5.32 Å². The van der Waals surface area contributed by atoms with E-state index >= 15 is 0 Å². The molecule has 1 N–H and O–H groups in total. The molecule has 1 heterocycles. The lowest BCUT2D eigenvalue weighted by Crippen LogP contribution is -2.51. The summed E-state index contributed by atoms with van der Waals surface area (Å²) in [7, 11) is 1.45. The molecule has 88 valence electrons.